The van der Waals surface area contributed by atoms with E-state index in [1.54, 1.807) is 6.07 Å². The summed E-state index contributed by atoms with van der Waals surface area (Å²) in [5, 5.41) is 3.46. The first-order chi connectivity index (χ1) is 8.77. The summed E-state index contributed by atoms with van der Waals surface area (Å²) in [6.07, 6.45) is 2.73. The highest BCUT2D eigenvalue weighted by atomic mass is 19.1. The third kappa shape index (κ3) is 5.61. The maximum absolute atomic E-state index is 13.6. The van der Waals surface area contributed by atoms with E-state index in [-0.39, 0.29) is 11.9 Å². The van der Waals surface area contributed by atoms with Gasteiger partial charge in [0.1, 0.15) is 5.82 Å². The minimum atomic E-state index is -0.114. The van der Waals surface area contributed by atoms with Gasteiger partial charge >= 0.3 is 0 Å². The zero-order valence-corrected chi connectivity index (χ0v) is 11.4. The lowest BCUT2D eigenvalue weighted by atomic mass is 10.0. The highest BCUT2D eigenvalue weighted by molar-refractivity contribution is 5.18. The van der Waals surface area contributed by atoms with Crippen LogP contribution in [0.15, 0.2) is 24.3 Å². The van der Waals surface area contributed by atoms with Gasteiger partial charge in [-0.2, -0.15) is 0 Å². The van der Waals surface area contributed by atoms with Gasteiger partial charge in [0.15, 0.2) is 0 Å². The summed E-state index contributed by atoms with van der Waals surface area (Å²) >= 11 is 0. The van der Waals surface area contributed by atoms with Crippen LogP contribution >= 0.6 is 0 Å². The van der Waals surface area contributed by atoms with Crippen LogP contribution in [-0.4, -0.2) is 25.8 Å². The molecule has 1 atom stereocenters. The Bertz CT molecular complexity index is 330. The zero-order valence-electron chi connectivity index (χ0n) is 11.4. The van der Waals surface area contributed by atoms with Crippen molar-refractivity contribution >= 4 is 0 Å². The molecule has 1 aromatic carbocycles. The minimum Gasteiger partial charge on any atom is -0.382 e. The Morgan fingerprint density at radius 1 is 1.28 bits per heavy atom. The van der Waals surface area contributed by atoms with Gasteiger partial charge in [0, 0.05) is 19.3 Å². The SMILES string of the molecule is CCCNC(CCOCC)Cc1ccccc1F. The van der Waals surface area contributed by atoms with Gasteiger partial charge in [0.2, 0.25) is 0 Å². The first-order valence-corrected chi connectivity index (χ1v) is 6.82. The van der Waals surface area contributed by atoms with Gasteiger partial charge in [-0.05, 0) is 44.4 Å². The average Bonchev–Trinajstić information content (AvgIpc) is 2.38. The van der Waals surface area contributed by atoms with Crippen LogP contribution in [0.3, 0.4) is 0 Å². The third-order valence-electron chi connectivity index (χ3n) is 2.92. The smallest absolute Gasteiger partial charge is 0.126 e. The molecule has 102 valence electrons. The van der Waals surface area contributed by atoms with Crippen molar-refractivity contribution in [3.8, 4) is 0 Å². The van der Waals surface area contributed by atoms with Gasteiger partial charge in [0.05, 0.1) is 0 Å². The largest absolute Gasteiger partial charge is 0.382 e. The van der Waals surface area contributed by atoms with Crippen molar-refractivity contribution < 1.29 is 9.13 Å². The first-order valence-electron chi connectivity index (χ1n) is 6.82. The summed E-state index contributed by atoms with van der Waals surface area (Å²) in [7, 11) is 0. The number of nitrogens with one attached hydrogen (secondary N) is 1. The maximum atomic E-state index is 13.6. The fourth-order valence-electron chi connectivity index (χ4n) is 1.92. The fraction of sp³-hybridized carbons (Fsp3) is 0.600. The number of halogens is 1. The monoisotopic (exact) mass is 253 g/mol. The Balaban J connectivity index is 2.51. The topological polar surface area (TPSA) is 21.3 Å². The molecule has 1 N–H and O–H groups in total. The molecule has 0 amide bonds. The molecule has 0 aliphatic carbocycles. The minimum absolute atomic E-state index is 0.114. The van der Waals surface area contributed by atoms with Crippen molar-refractivity contribution in [1.82, 2.24) is 5.32 Å². The molecule has 0 heterocycles. The van der Waals surface area contributed by atoms with E-state index in [1.165, 1.54) is 6.07 Å². The van der Waals surface area contributed by atoms with Crippen LogP contribution < -0.4 is 5.32 Å². The van der Waals surface area contributed by atoms with Gasteiger partial charge in [-0.3, -0.25) is 0 Å². The van der Waals surface area contributed by atoms with Crippen LogP contribution in [0.5, 0.6) is 0 Å². The molecule has 18 heavy (non-hydrogen) atoms. The van der Waals surface area contributed by atoms with Gasteiger partial charge < -0.3 is 10.1 Å². The molecule has 0 spiro atoms. The Labute approximate surface area is 110 Å². The van der Waals surface area contributed by atoms with Crippen molar-refractivity contribution in [1.29, 1.82) is 0 Å². The van der Waals surface area contributed by atoms with E-state index in [0.717, 1.165) is 44.6 Å². The molecule has 0 aromatic heterocycles. The lowest BCUT2D eigenvalue weighted by molar-refractivity contribution is 0.136. The lowest BCUT2D eigenvalue weighted by Crippen LogP contribution is -2.33. The van der Waals surface area contributed by atoms with E-state index in [4.69, 9.17) is 4.74 Å². The molecule has 2 nitrogen and oxygen atoms in total. The Morgan fingerprint density at radius 2 is 2.06 bits per heavy atom. The van der Waals surface area contributed by atoms with Crippen LogP contribution in [-0.2, 0) is 11.2 Å². The predicted molar refractivity (Wildman–Crippen MR) is 73.3 cm³/mol. The van der Waals surface area contributed by atoms with E-state index in [0.29, 0.717) is 0 Å². The van der Waals surface area contributed by atoms with Gasteiger partial charge in [-0.15, -0.1) is 0 Å². The highest BCUT2D eigenvalue weighted by Crippen LogP contribution is 2.11. The average molecular weight is 253 g/mol. The molecule has 0 bridgehead atoms. The molecule has 1 aromatic rings. The number of hydrogen-bond donors (Lipinski definition) is 1. The maximum Gasteiger partial charge on any atom is 0.126 e. The number of rotatable bonds is 9. The zero-order chi connectivity index (χ0) is 13.2. The molecule has 0 aliphatic rings. The second-order valence-corrected chi connectivity index (χ2v) is 4.43. The molecule has 0 fully saturated rings. The van der Waals surface area contributed by atoms with Crippen LogP contribution in [0.1, 0.15) is 32.3 Å². The van der Waals surface area contributed by atoms with Crippen LogP contribution in [0, 0.1) is 5.82 Å². The van der Waals surface area contributed by atoms with Crippen LogP contribution in [0.4, 0.5) is 4.39 Å². The quantitative estimate of drug-likeness (QED) is 0.683. The summed E-state index contributed by atoms with van der Waals surface area (Å²) in [5.74, 6) is -0.114. The molecule has 3 heteroatoms. The predicted octanol–water partition coefficient (Wildman–Crippen LogP) is 3.16. The van der Waals surface area contributed by atoms with E-state index < -0.39 is 0 Å². The molecular formula is C15H24FNO. The molecule has 0 saturated heterocycles. The second kappa shape index (κ2) is 9.06. The van der Waals surface area contributed by atoms with Crippen LogP contribution in [0.25, 0.3) is 0 Å². The summed E-state index contributed by atoms with van der Waals surface area (Å²) < 4.78 is 19.0. The van der Waals surface area contributed by atoms with Crippen molar-refractivity contribution in [2.75, 3.05) is 19.8 Å². The Hall–Kier alpha value is -0.930. The molecule has 0 radical (unpaired) electrons. The summed E-state index contributed by atoms with van der Waals surface area (Å²) in [5.41, 5.74) is 0.780. The summed E-state index contributed by atoms with van der Waals surface area (Å²) in [6, 6.07) is 7.28. The fourth-order valence-corrected chi connectivity index (χ4v) is 1.92. The van der Waals surface area contributed by atoms with Crippen LogP contribution in [0.2, 0.25) is 0 Å². The van der Waals surface area contributed by atoms with Crippen molar-refractivity contribution in [2.24, 2.45) is 0 Å². The number of benzene rings is 1. The van der Waals surface area contributed by atoms with Gasteiger partial charge in [-0.1, -0.05) is 25.1 Å². The molecule has 0 aliphatic heterocycles. The number of hydrogen-bond acceptors (Lipinski definition) is 2. The standard InChI is InChI=1S/C15H24FNO/c1-3-10-17-14(9-11-18-4-2)12-13-7-5-6-8-15(13)16/h5-8,14,17H,3-4,9-12H2,1-2H3. The second-order valence-electron chi connectivity index (χ2n) is 4.43. The third-order valence-corrected chi connectivity index (χ3v) is 2.92. The van der Waals surface area contributed by atoms with Gasteiger partial charge in [0.25, 0.3) is 0 Å². The highest BCUT2D eigenvalue weighted by Gasteiger charge is 2.11. The molecular weight excluding hydrogens is 229 g/mol. The Morgan fingerprint density at radius 3 is 2.72 bits per heavy atom. The van der Waals surface area contributed by atoms with E-state index in [1.807, 2.05) is 19.1 Å². The van der Waals surface area contributed by atoms with E-state index in [2.05, 4.69) is 12.2 Å². The first kappa shape index (κ1) is 15.1. The Kier molecular flexibility index (Phi) is 7.62. The van der Waals surface area contributed by atoms with E-state index >= 15 is 0 Å². The number of ether oxygens (including phenoxy) is 1. The van der Waals surface area contributed by atoms with Crippen molar-refractivity contribution in [3.63, 3.8) is 0 Å². The van der Waals surface area contributed by atoms with Crippen molar-refractivity contribution in [2.45, 2.75) is 39.2 Å². The molecule has 1 unspecified atom stereocenters. The summed E-state index contributed by atoms with van der Waals surface area (Å²) in [6.45, 7) is 6.55. The van der Waals surface area contributed by atoms with Crippen molar-refractivity contribution in [3.05, 3.63) is 35.6 Å². The summed E-state index contributed by atoms with van der Waals surface area (Å²) in [4.78, 5) is 0. The normalized spacial score (nSPS) is 12.6. The molecule has 1 rings (SSSR count). The van der Waals surface area contributed by atoms with E-state index in [9.17, 15) is 4.39 Å². The molecule has 0 saturated carbocycles. The van der Waals surface area contributed by atoms with Gasteiger partial charge in [-0.25, -0.2) is 4.39 Å². The lowest BCUT2D eigenvalue weighted by Gasteiger charge is -2.18.